The summed E-state index contributed by atoms with van der Waals surface area (Å²) in [6, 6.07) is 5.59. The molecule has 0 unspecified atom stereocenters. The topological polar surface area (TPSA) is 53.0 Å². The van der Waals surface area contributed by atoms with Gasteiger partial charge in [-0.3, -0.25) is 9.69 Å². The number of ether oxygens (including phenoxy) is 1. The molecule has 1 N–H and O–H groups in total. The number of hydrogen-bond donors (Lipinski definition) is 1. The van der Waals surface area contributed by atoms with Gasteiger partial charge in [-0.2, -0.15) is 13.2 Å². The summed E-state index contributed by atoms with van der Waals surface area (Å²) in [5.41, 5.74) is 1.34. The van der Waals surface area contributed by atoms with E-state index in [1.165, 1.54) is 18.6 Å². The van der Waals surface area contributed by atoms with E-state index in [9.17, 15) is 23.1 Å². The Balaban J connectivity index is 1.05. The lowest BCUT2D eigenvalue weighted by Crippen LogP contribution is -2.65. The molecule has 0 aromatic heterocycles. The molecule has 5 nitrogen and oxygen atoms in total. The number of alkyl halides is 3. The van der Waals surface area contributed by atoms with Crippen molar-refractivity contribution in [1.82, 2.24) is 4.90 Å². The number of rotatable bonds is 5. The molecule has 284 valence electrons. The molecule has 7 rings (SSSR count). The lowest BCUT2D eigenvalue weighted by atomic mass is 9.33. The lowest BCUT2D eigenvalue weighted by molar-refractivity contribution is -0.207. The minimum absolute atomic E-state index is 0.0113. The molecule has 0 radical (unpaired) electrons. The van der Waals surface area contributed by atoms with Crippen LogP contribution in [0.15, 0.2) is 35.9 Å². The molecule has 0 amide bonds. The van der Waals surface area contributed by atoms with Crippen LogP contribution in [0.1, 0.15) is 112 Å². The van der Waals surface area contributed by atoms with Crippen molar-refractivity contribution in [3.63, 3.8) is 0 Å². The van der Waals surface area contributed by atoms with Crippen molar-refractivity contribution in [2.24, 2.45) is 56.7 Å². The van der Waals surface area contributed by atoms with E-state index in [1.54, 1.807) is 11.6 Å². The first-order valence-electron chi connectivity index (χ1n) is 20.1. The molecule has 4 saturated carbocycles. The number of esters is 1. The average Bonchev–Trinajstić information content (AvgIpc) is 3.08. The fourth-order valence-electron chi connectivity index (χ4n) is 13.4. The Kier molecular flexibility index (Phi) is 9.33. The summed E-state index contributed by atoms with van der Waals surface area (Å²) in [7, 11) is 0. The summed E-state index contributed by atoms with van der Waals surface area (Å²) in [5, 5.41) is 11.1. The van der Waals surface area contributed by atoms with Crippen LogP contribution in [0, 0.1) is 56.7 Å². The van der Waals surface area contributed by atoms with E-state index in [4.69, 9.17) is 4.74 Å². The Labute approximate surface area is 304 Å². The van der Waals surface area contributed by atoms with Gasteiger partial charge in [0.15, 0.2) is 0 Å². The number of aliphatic hydroxyl groups excluding tert-OH is 1. The highest BCUT2D eigenvalue weighted by atomic mass is 19.4. The fraction of sp³-hybridized carbons (Fsp3) is 0.791. The van der Waals surface area contributed by atoms with Crippen LogP contribution in [-0.4, -0.2) is 61.4 Å². The maximum Gasteiger partial charge on any atom is 0.416 e. The monoisotopic (exact) mass is 712 g/mol. The van der Waals surface area contributed by atoms with E-state index in [0.29, 0.717) is 55.6 Å². The van der Waals surface area contributed by atoms with E-state index in [2.05, 4.69) is 59.4 Å². The molecular formula is C43H63F3N2O3. The van der Waals surface area contributed by atoms with Crippen molar-refractivity contribution in [3.05, 3.63) is 41.5 Å². The SMILES string of the molecule is C[C@H]1[C@H](C)CC[C@]2(C(=O)OCCN3CCN(c4cccc(C(F)(F)F)c4)CC3)CC[C@]3(C)C(=CC[C@@H]4[C@@]5(C)CC[C@H](O)C(C)(C)[C@@H]5CC[C@]43C)[C@H]12. The van der Waals surface area contributed by atoms with E-state index in [-0.39, 0.29) is 39.7 Å². The zero-order valence-electron chi connectivity index (χ0n) is 32.2. The Morgan fingerprint density at radius 1 is 0.922 bits per heavy atom. The van der Waals surface area contributed by atoms with Crippen molar-refractivity contribution in [3.8, 4) is 0 Å². The van der Waals surface area contributed by atoms with E-state index < -0.39 is 17.2 Å². The van der Waals surface area contributed by atoms with E-state index in [0.717, 1.165) is 70.5 Å². The van der Waals surface area contributed by atoms with E-state index in [1.807, 2.05) is 4.90 Å². The van der Waals surface area contributed by atoms with Crippen LogP contribution in [-0.2, 0) is 15.7 Å². The van der Waals surface area contributed by atoms with Gasteiger partial charge in [-0.15, -0.1) is 0 Å². The summed E-state index contributed by atoms with van der Waals surface area (Å²) >= 11 is 0. The third-order valence-electron chi connectivity index (χ3n) is 16.9. The van der Waals surface area contributed by atoms with Crippen molar-refractivity contribution >= 4 is 11.7 Å². The number of halogens is 3. The molecule has 1 aromatic carbocycles. The summed E-state index contributed by atoms with van der Waals surface area (Å²) in [6.07, 6.45) is 7.24. The Hall–Kier alpha value is -2.06. The Bertz CT molecular complexity index is 1520. The van der Waals surface area contributed by atoms with Gasteiger partial charge in [0, 0.05) is 38.4 Å². The molecule has 5 fully saturated rings. The van der Waals surface area contributed by atoms with Crippen molar-refractivity contribution in [2.45, 2.75) is 119 Å². The van der Waals surface area contributed by atoms with Crippen LogP contribution in [0.4, 0.5) is 18.9 Å². The van der Waals surface area contributed by atoms with Crippen molar-refractivity contribution < 1.29 is 27.8 Å². The van der Waals surface area contributed by atoms with Crippen LogP contribution in [0.5, 0.6) is 0 Å². The van der Waals surface area contributed by atoms with Gasteiger partial charge in [0.25, 0.3) is 0 Å². The van der Waals surface area contributed by atoms with Gasteiger partial charge in [-0.25, -0.2) is 0 Å². The van der Waals surface area contributed by atoms with Crippen LogP contribution < -0.4 is 4.90 Å². The van der Waals surface area contributed by atoms with Gasteiger partial charge < -0.3 is 14.7 Å². The van der Waals surface area contributed by atoms with Gasteiger partial charge >= 0.3 is 12.1 Å². The third-order valence-corrected chi connectivity index (χ3v) is 16.9. The van der Waals surface area contributed by atoms with Crippen LogP contribution >= 0.6 is 0 Å². The van der Waals surface area contributed by atoms with Gasteiger partial charge in [0.2, 0.25) is 0 Å². The fourth-order valence-corrected chi connectivity index (χ4v) is 13.4. The molecule has 5 aliphatic carbocycles. The molecule has 10 atom stereocenters. The molecule has 0 spiro atoms. The number of carbonyl (C=O) groups is 1. The first-order valence-corrected chi connectivity index (χ1v) is 20.1. The minimum atomic E-state index is -4.35. The molecule has 51 heavy (non-hydrogen) atoms. The number of nitrogens with zero attached hydrogens (tertiary/aromatic N) is 2. The smallest absolute Gasteiger partial charge is 0.416 e. The Morgan fingerprint density at radius 2 is 1.65 bits per heavy atom. The predicted molar refractivity (Wildman–Crippen MR) is 196 cm³/mol. The molecule has 1 heterocycles. The highest BCUT2D eigenvalue weighted by molar-refractivity contribution is 5.79. The third kappa shape index (κ3) is 5.72. The maximum absolute atomic E-state index is 14.5. The summed E-state index contributed by atoms with van der Waals surface area (Å²) in [6.45, 7) is 20.8. The number of fused-ring (bicyclic) bond motifs is 7. The minimum Gasteiger partial charge on any atom is -0.464 e. The first kappa shape index (κ1) is 37.3. The van der Waals surface area contributed by atoms with Crippen molar-refractivity contribution in [1.29, 1.82) is 0 Å². The zero-order chi connectivity index (χ0) is 36.8. The summed E-state index contributed by atoms with van der Waals surface area (Å²) in [4.78, 5) is 18.8. The van der Waals surface area contributed by atoms with Crippen molar-refractivity contribution in [2.75, 3.05) is 44.2 Å². The largest absolute Gasteiger partial charge is 0.464 e. The second kappa shape index (κ2) is 12.8. The highest BCUT2D eigenvalue weighted by Gasteiger charge is 2.69. The molecule has 6 aliphatic rings. The van der Waals surface area contributed by atoms with Gasteiger partial charge in [0.1, 0.15) is 6.61 Å². The standard InChI is InChI=1S/C43H63F3N2O3/c1-28-13-18-42(37(50)51-26-25-47-21-23-48(24-22-47)31-10-8-9-30(27-31)43(44,45)46)20-19-40(6)32(36(42)29(28)2)11-12-34-39(5)16-15-35(49)38(3,4)33(39)14-17-41(34,40)7/h8-11,27-29,33-36,49H,12-26H2,1-7H3/t28-,29+,33+,34-,35+,36+,39+,40-,41-,42+/m1/s1. The van der Waals surface area contributed by atoms with Crippen LogP contribution in [0.2, 0.25) is 0 Å². The quantitative estimate of drug-likeness (QED) is 0.244. The number of hydrogen-bond acceptors (Lipinski definition) is 5. The molecule has 1 saturated heterocycles. The molecule has 1 aliphatic heterocycles. The summed E-state index contributed by atoms with van der Waals surface area (Å²) in [5.74, 6) is 2.21. The van der Waals surface area contributed by atoms with Gasteiger partial charge in [-0.05, 0) is 127 Å². The van der Waals surface area contributed by atoms with Gasteiger partial charge in [0.05, 0.1) is 17.1 Å². The average molecular weight is 713 g/mol. The molecule has 1 aromatic rings. The maximum atomic E-state index is 14.5. The Morgan fingerprint density at radius 3 is 2.35 bits per heavy atom. The molecular weight excluding hydrogens is 649 g/mol. The highest BCUT2D eigenvalue weighted by Crippen LogP contribution is 2.75. The molecule has 0 bridgehead atoms. The van der Waals surface area contributed by atoms with Crippen LogP contribution in [0.3, 0.4) is 0 Å². The summed E-state index contributed by atoms with van der Waals surface area (Å²) < 4.78 is 46.2. The second-order valence-electron chi connectivity index (χ2n) is 19.2. The zero-order valence-corrected chi connectivity index (χ0v) is 32.2. The van der Waals surface area contributed by atoms with Crippen LogP contribution in [0.25, 0.3) is 0 Å². The number of benzene rings is 1. The normalized spacial score (nSPS) is 42.5. The number of piperazine rings is 1. The number of aliphatic hydroxyl groups is 1. The predicted octanol–water partition coefficient (Wildman–Crippen LogP) is 9.39. The number of allylic oxidation sites excluding steroid dienone is 2. The van der Waals surface area contributed by atoms with Gasteiger partial charge in [-0.1, -0.05) is 66.2 Å². The lowest BCUT2D eigenvalue weighted by Gasteiger charge is -2.71. The first-order chi connectivity index (χ1) is 23.9. The second-order valence-corrected chi connectivity index (χ2v) is 19.2. The number of carbonyl (C=O) groups excluding carboxylic acids is 1. The van der Waals surface area contributed by atoms with E-state index >= 15 is 0 Å². The molecule has 8 heteroatoms. The number of anilines is 1.